The Morgan fingerprint density at radius 1 is 1.64 bits per heavy atom. The molecule has 1 heterocycles. The Balaban J connectivity index is 2.71. The molecule has 0 bridgehead atoms. The van der Waals surface area contributed by atoms with E-state index in [4.69, 9.17) is 4.74 Å². The van der Waals surface area contributed by atoms with E-state index in [9.17, 15) is 4.39 Å². The van der Waals surface area contributed by atoms with E-state index in [2.05, 4.69) is 6.92 Å². The van der Waals surface area contributed by atoms with Gasteiger partial charge in [0.05, 0.1) is 18.7 Å². The summed E-state index contributed by atoms with van der Waals surface area (Å²) < 4.78 is 17.1. The highest BCUT2D eigenvalue weighted by molar-refractivity contribution is 5.22. The lowest BCUT2D eigenvalue weighted by Crippen LogP contribution is -2.12. The summed E-state index contributed by atoms with van der Waals surface area (Å²) >= 11 is 0. The summed E-state index contributed by atoms with van der Waals surface area (Å²) in [5.41, 5.74) is 0.978. The number of hydrogen-bond donors (Lipinski definition) is 0. The first-order valence-corrected chi connectivity index (χ1v) is 3.83. The Kier molecular flexibility index (Phi) is 2.69. The lowest BCUT2D eigenvalue weighted by atomic mass is 9.99. The summed E-state index contributed by atoms with van der Waals surface area (Å²) in [4.78, 5) is 0. The molecule has 0 amide bonds. The van der Waals surface area contributed by atoms with Gasteiger partial charge < -0.3 is 4.74 Å². The van der Waals surface area contributed by atoms with E-state index >= 15 is 0 Å². The van der Waals surface area contributed by atoms with Crippen LogP contribution in [-0.4, -0.2) is 6.61 Å². The van der Waals surface area contributed by atoms with Crippen LogP contribution in [0.5, 0.6) is 0 Å². The fraction of sp³-hybridized carbons (Fsp3) is 0.556. The second kappa shape index (κ2) is 3.56. The molecule has 0 aromatic carbocycles. The van der Waals surface area contributed by atoms with E-state index in [0.29, 0.717) is 12.2 Å². The fourth-order valence-corrected chi connectivity index (χ4v) is 1.20. The Morgan fingerprint density at radius 2 is 2.36 bits per heavy atom. The monoisotopic (exact) mass is 156 g/mol. The van der Waals surface area contributed by atoms with Gasteiger partial charge in [-0.05, 0) is 30.9 Å². The topological polar surface area (TPSA) is 9.23 Å². The first-order chi connectivity index (χ1) is 5.24. The number of allylic oxidation sites excluding steroid dienone is 3. The summed E-state index contributed by atoms with van der Waals surface area (Å²) in [6.45, 7) is 4.73. The Labute approximate surface area is 66.6 Å². The maximum absolute atomic E-state index is 11.8. The van der Waals surface area contributed by atoms with Crippen LogP contribution in [0, 0.1) is 5.92 Å². The molecule has 11 heavy (non-hydrogen) atoms. The first kappa shape index (κ1) is 8.31. The van der Waals surface area contributed by atoms with Crippen molar-refractivity contribution < 1.29 is 9.13 Å². The van der Waals surface area contributed by atoms with Gasteiger partial charge in [0.25, 0.3) is 0 Å². The molecule has 0 fully saturated rings. The maximum Gasteiger partial charge on any atom is 0.0961 e. The van der Waals surface area contributed by atoms with Crippen LogP contribution in [0.2, 0.25) is 0 Å². The number of halogens is 1. The molecule has 1 aliphatic rings. The van der Waals surface area contributed by atoms with Crippen molar-refractivity contribution in [3.05, 3.63) is 23.7 Å². The van der Waals surface area contributed by atoms with Crippen LogP contribution in [-0.2, 0) is 4.74 Å². The van der Waals surface area contributed by atoms with Gasteiger partial charge in [-0.3, -0.25) is 0 Å². The molecular weight excluding hydrogens is 143 g/mol. The van der Waals surface area contributed by atoms with Gasteiger partial charge in [-0.15, -0.1) is 0 Å². The quantitative estimate of drug-likeness (QED) is 0.567. The third-order valence-electron chi connectivity index (χ3n) is 1.87. The molecule has 1 unspecified atom stereocenters. The van der Waals surface area contributed by atoms with Gasteiger partial charge in [0.15, 0.2) is 0 Å². The van der Waals surface area contributed by atoms with Gasteiger partial charge in [0, 0.05) is 0 Å². The molecule has 1 aliphatic heterocycles. The van der Waals surface area contributed by atoms with Crippen LogP contribution >= 0.6 is 0 Å². The highest BCUT2D eigenvalue weighted by Gasteiger charge is 2.13. The van der Waals surface area contributed by atoms with Crippen molar-refractivity contribution in [1.29, 1.82) is 0 Å². The van der Waals surface area contributed by atoms with E-state index < -0.39 is 0 Å². The zero-order chi connectivity index (χ0) is 8.27. The molecule has 0 spiro atoms. The molecule has 1 nitrogen and oxygen atoms in total. The summed E-state index contributed by atoms with van der Waals surface area (Å²) in [5, 5.41) is 0. The van der Waals surface area contributed by atoms with Gasteiger partial charge in [-0.1, -0.05) is 6.92 Å². The third-order valence-corrected chi connectivity index (χ3v) is 1.87. The second-order valence-electron chi connectivity index (χ2n) is 2.99. The van der Waals surface area contributed by atoms with Crippen LogP contribution in [0.15, 0.2) is 23.7 Å². The molecular formula is C9H13FO. The second-order valence-corrected chi connectivity index (χ2v) is 2.99. The van der Waals surface area contributed by atoms with Crippen LogP contribution < -0.4 is 0 Å². The van der Waals surface area contributed by atoms with Crippen LogP contribution in [0.25, 0.3) is 0 Å². The van der Waals surface area contributed by atoms with Crippen LogP contribution in [0.4, 0.5) is 4.39 Å². The van der Waals surface area contributed by atoms with Crippen molar-refractivity contribution in [2.45, 2.75) is 20.3 Å². The SMILES string of the molecule is CC1=C(/C=C/F)CC(C)CO1. The molecule has 2 heteroatoms. The Hall–Kier alpha value is -0.790. The Morgan fingerprint density at radius 3 is 3.00 bits per heavy atom. The predicted molar refractivity (Wildman–Crippen MR) is 42.7 cm³/mol. The van der Waals surface area contributed by atoms with Gasteiger partial charge in [-0.2, -0.15) is 0 Å². The predicted octanol–water partition coefficient (Wildman–Crippen LogP) is 2.80. The van der Waals surface area contributed by atoms with Gasteiger partial charge in [0.2, 0.25) is 0 Å². The molecule has 0 aromatic rings. The zero-order valence-electron chi connectivity index (χ0n) is 6.93. The van der Waals surface area contributed by atoms with Crippen molar-refractivity contribution in [3.63, 3.8) is 0 Å². The van der Waals surface area contributed by atoms with Crippen molar-refractivity contribution in [2.24, 2.45) is 5.92 Å². The standard InChI is InChI=1S/C9H13FO/c1-7-5-9(3-4-10)8(2)11-6-7/h3-4,7H,5-6H2,1-2H3/b4-3+. The van der Waals surface area contributed by atoms with Gasteiger partial charge >= 0.3 is 0 Å². The molecule has 1 rings (SSSR count). The molecule has 62 valence electrons. The van der Waals surface area contributed by atoms with Crippen LogP contribution in [0.3, 0.4) is 0 Å². The van der Waals surface area contributed by atoms with Gasteiger partial charge in [-0.25, -0.2) is 4.39 Å². The third kappa shape index (κ3) is 2.07. The largest absolute Gasteiger partial charge is 0.498 e. The van der Waals surface area contributed by atoms with E-state index in [0.717, 1.165) is 24.4 Å². The van der Waals surface area contributed by atoms with Crippen molar-refractivity contribution in [3.8, 4) is 0 Å². The lowest BCUT2D eigenvalue weighted by molar-refractivity contribution is 0.151. The minimum Gasteiger partial charge on any atom is -0.498 e. The number of rotatable bonds is 1. The molecule has 0 aliphatic carbocycles. The summed E-state index contributed by atoms with van der Waals surface area (Å²) in [6, 6.07) is 0. The summed E-state index contributed by atoms with van der Waals surface area (Å²) in [5.74, 6) is 1.36. The minimum atomic E-state index is 0.505. The smallest absolute Gasteiger partial charge is 0.0961 e. The lowest BCUT2D eigenvalue weighted by Gasteiger charge is -2.21. The molecule has 0 N–H and O–H groups in total. The van der Waals surface area contributed by atoms with E-state index in [1.165, 1.54) is 6.08 Å². The summed E-state index contributed by atoms with van der Waals surface area (Å²) in [7, 11) is 0. The highest BCUT2D eigenvalue weighted by atomic mass is 19.1. The molecule has 0 saturated carbocycles. The first-order valence-electron chi connectivity index (χ1n) is 3.83. The van der Waals surface area contributed by atoms with Gasteiger partial charge in [0.1, 0.15) is 0 Å². The zero-order valence-corrected chi connectivity index (χ0v) is 6.93. The van der Waals surface area contributed by atoms with Crippen molar-refractivity contribution >= 4 is 0 Å². The van der Waals surface area contributed by atoms with E-state index in [1.54, 1.807) is 0 Å². The highest BCUT2D eigenvalue weighted by Crippen LogP contribution is 2.23. The number of hydrogen-bond acceptors (Lipinski definition) is 1. The normalized spacial score (nSPS) is 25.9. The van der Waals surface area contributed by atoms with Crippen molar-refractivity contribution in [1.82, 2.24) is 0 Å². The summed E-state index contributed by atoms with van der Waals surface area (Å²) in [6.07, 6.45) is 2.97. The van der Waals surface area contributed by atoms with E-state index in [-0.39, 0.29) is 0 Å². The molecule has 0 aromatic heterocycles. The molecule has 0 radical (unpaired) electrons. The fourth-order valence-electron chi connectivity index (χ4n) is 1.20. The average molecular weight is 156 g/mol. The van der Waals surface area contributed by atoms with Crippen molar-refractivity contribution in [2.75, 3.05) is 6.61 Å². The average Bonchev–Trinajstić information content (AvgIpc) is 1.98. The van der Waals surface area contributed by atoms with E-state index in [1.807, 2.05) is 6.92 Å². The number of ether oxygens (including phenoxy) is 1. The molecule has 0 saturated heterocycles. The minimum absolute atomic E-state index is 0.505. The maximum atomic E-state index is 11.8. The van der Waals surface area contributed by atoms with Crippen LogP contribution in [0.1, 0.15) is 20.3 Å². The molecule has 1 atom stereocenters. The Bertz CT molecular complexity index is 194.